The highest BCUT2D eigenvalue weighted by atomic mass is 79.9. The van der Waals surface area contributed by atoms with Crippen LogP contribution in [0.3, 0.4) is 0 Å². The Morgan fingerprint density at radius 1 is 1.30 bits per heavy atom. The molecule has 1 fully saturated rings. The van der Waals surface area contributed by atoms with Crippen molar-refractivity contribution in [2.24, 2.45) is 0 Å². The molecule has 1 aromatic carbocycles. The van der Waals surface area contributed by atoms with Crippen LogP contribution in [0.5, 0.6) is 11.5 Å². The molecular formula is C13H13BrN2O4. The molecule has 1 aliphatic rings. The average Bonchev–Trinajstić information content (AvgIpc) is 2.70. The highest BCUT2D eigenvalue weighted by Gasteiger charge is 2.23. The molecule has 1 heterocycles. The van der Waals surface area contributed by atoms with E-state index in [0.717, 1.165) is 0 Å². The Morgan fingerprint density at radius 3 is 2.60 bits per heavy atom. The molecule has 1 aromatic rings. The first-order valence-corrected chi connectivity index (χ1v) is 6.68. The Kier molecular flexibility index (Phi) is 4.29. The number of methoxy groups -OCH3 is 1. The molecule has 7 heteroatoms. The van der Waals surface area contributed by atoms with Crippen molar-refractivity contribution in [2.75, 3.05) is 13.7 Å². The summed E-state index contributed by atoms with van der Waals surface area (Å²) < 4.78 is 11.4. The number of benzene rings is 1. The van der Waals surface area contributed by atoms with Crippen LogP contribution in [0.1, 0.15) is 12.5 Å². The van der Waals surface area contributed by atoms with E-state index in [9.17, 15) is 9.59 Å². The van der Waals surface area contributed by atoms with Gasteiger partial charge >= 0.3 is 6.03 Å². The Labute approximate surface area is 124 Å². The molecule has 106 valence electrons. The topological polar surface area (TPSA) is 76.7 Å². The van der Waals surface area contributed by atoms with Crippen LogP contribution in [0.25, 0.3) is 6.08 Å². The lowest BCUT2D eigenvalue weighted by Crippen LogP contribution is -2.22. The van der Waals surface area contributed by atoms with Crippen LogP contribution in [0.4, 0.5) is 4.79 Å². The standard InChI is InChI=1S/C13H13BrN2O4/c1-3-20-11-8(14)4-7(6-10(11)19-2)5-9-12(17)16-13(18)15-9/h4-6H,3H2,1-2H3,(H2,15,16,17,18)/b9-5+. The van der Waals surface area contributed by atoms with Gasteiger partial charge in [-0.05, 0) is 46.6 Å². The molecular weight excluding hydrogens is 328 g/mol. The molecule has 0 aromatic heterocycles. The van der Waals surface area contributed by atoms with Crippen LogP contribution in [0, 0.1) is 0 Å². The monoisotopic (exact) mass is 340 g/mol. The third-order valence-electron chi connectivity index (χ3n) is 2.57. The van der Waals surface area contributed by atoms with Gasteiger partial charge in [0.15, 0.2) is 11.5 Å². The Bertz CT molecular complexity index is 598. The second-order valence-electron chi connectivity index (χ2n) is 3.93. The van der Waals surface area contributed by atoms with Gasteiger partial charge in [-0.3, -0.25) is 10.1 Å². The SMILES string of the molecule is CCOc1c(Br)cc(/C=C2/NC(=O)NC2=O)cc1OC. The summed E-state index contributed by atoms with van der Waals surface area (Å²) in [5.74, 6) is 0.675. The molecule has 0 saturated carbocycles. The highest BCUT2D eigenvalue weighted by Crippen LogP contribution is 2.37. The maximum Gasteiger partial charge on any atom is 0.326 e. The van der Waals surface area contributed by atoms with Gasteiger partial charge in [0.2, 0.25) is 0 Å². The Balaban J connectivity index is 2.39. The van der Waals surface area contributed by atoms with Crippen LogP contribution in [-0.2, 0) is 4.79 Å². The van der Waals surface area contributed by atoms with E-state index < -0.39 is 11.9 Å². The summed E-state index contributed by atoms with van der Waals surface area (Å²) in [5.41, 5.74) is 0.887. The first kappa shape index (κ1) is 14.4. The van der Waals surface area contributed by atoms with Crippen molar-refractivity contribution >= 4 is 33.9 Å². The fraction of sp³-hybridized carbons (Fsp3) is 0.231. The summed E-state index contributed by atoms with van der Waals surface area (Å²) in [6.45, 7) is 2.38. The summed E-state index contributed by atoms with van der Waals surface area (Å²) in [6.07, 6.45) is 1.56. The maximum atomic E-state index is 11.5. The summed E-state index contributed by atoms with van der Waals surface area (Å²) >= 11 is 3.39. The number of hydrogen-bond donors (Lipinski definition) is 2. The van der Waals surface area contributed by atoms with Gasteiger partial charge in [-0.25, -0.2) is 4.79 Å². The van der Waals surface area contributed by atoms with E-state index in [2.05, 4.69) is 26.6 Å². The summed E-state index contributed by atoms with van der Waals surface area (Å²) in [7, 11) is 1.53. The van der Waals surface area contributed by atoms with E-state index in [-0.39, 0.29) is 5.70 Å². The van der Waals surface area contributed by atoms with Crippen molar-refractivity contribution in [1.82, 2.24) is 10.6 Å². The number of amides is 3. The van der Waals surface area contributed by atoms with Gasteiger partial charge in [-0.15, -0.1) is 0 Å². The minimum absolute atomic E-state index is 0.188. The lowest BCUT2D eigenvalue weighted by Gasteiger charge is -2.12. The zero-order valence-electron chi connectivity index (χ0n) is 11.0. The number of ether oxygens (including phenoxy) is 2. The quantitative estimate of drug-likeness (QED) is 0.649. The predicted molar refractivity (Wildman–Crippen MR) is 76.5 cm³/mol. The molecule has 2 rings (SSSR count). The lowest BCUT2D eigenvalue weighted by molar-refractivity contribution is -0.115. The number of nitrogens with one attached hydrogen (secondary N) is 2. The third-order valence-corrected chi connectivity index (χ3v) is 3.16. The van der Waals surface area contributed by atoms with Crippen molar-refractivity contribution < 1.29 is 19.1 Å². The van der Waals surface area contributed by atoms with E-state index in [4.69, 9.17) is 9.47 Å². The van der Waals surface area contributed by atoms with E-state index in [1.165, 1.54) is 7.11 Å². The zero-order valence-corrected chi connectivity index (χ0v) is 12.5. The molecule has 1 saturated heterocycles. The molecule has 3 amide bonds. The first-order chi connectivity index (χ1) is 9.55. The van der Waals surface area contributed by atoms with Crippen LogP contribution in [0.2, 0.25) is 0 Å². The smallest absolute Gasteiger partial charge is 0.326 e. The lowest BCUT2D eigenvalue weighted by atomic mass is 10.1. The van der Waals surface area contributed by atoms with Gasteiger partial charge in [0.25, 0.3) is 5.91 Å². The van der Waals surface area contributed by atoms with Crippen LogP contribution in [-0.4, -0.2) is 25.7 Å². The number of rotatable bonds is 4. The summed E-state index contributed by atoms with van der Waals surface area (Å²) in [6, 6.07) is 2.97. The average molecular weight is 341 g/mol. The molecule has 0 unspecified atom stereocenters. The highest BCUT2D eigenvalue weighted by molar-refractivity contribution is 9.10. The van der Waals surface area contributed by atoms with Gasteiger partial charge < -0.3 is 14.8 Å². The number of urea groups is 1. The minimum atomic E-state index is -0.529. The molecule has 0 spiro atoms. The van der Waals surface area contributed by atoms with E-state index in [0.29, 0.717) is 28.1 Å². The third kappa shape index (κ3) is 2.93. The largest absolute Gasteiger partial charge is 0.493 e. The van der Waals surface area contributed by atoms with Gasteiger partial charge in [-0.2, -0.15) is 0 Å². The summed E-state index contributed by atoms with van der Waals surface area (Å²) in [5, 5.41) is 4.56. The fourth-order valence-corrected chi connectivity index (χ4v) is 2.33. The van der Waals surface area contributed by atoms with E-state index in [1.54, 1.807) is 18.2 Å². The van der Waals surface area contributed by atoms with Crippen LogP contribution < -0.4 is 20.1 Å². The van der Waals surface area contributed by atoms with Crippen molar-refractivity contribution in [1.29, 1.82) is 0 Å². The van der Waals surface area contributed by atoms with E-state index >= 15 is 0 Å². The second kappa shape index (κ2) is 5.96. The number of carbonyl (C=O) groups is 2. The second-order valence-corrected chi connectivity index (χ2v) is 4.79. The summed E-state index contributed by atoms with van der Waals surface area (Å²) in [4.78, 5) is 22.5. The molecule has 20 heavy (non-hydrogen) atoms. The fourth-order valence-electron chi connectivity index (χ4n) is 1.76. The molecule has 0 radical (unpaired) electrons. The Hall–Kier alpha value is -2.02. The maximum absolute atomic E-state index is 11.5. The predicted octanol–water partition coefficient (Wildman–Crippen LogP) is 2.04. The van der Waals surface area contributed by atoms with Crippen molar-refractivity contribution in [3.05, 3.63) is 27.9 Å². The molecule has 0 bridgehead atoms. The van der Waals surface area contributed by atoms with E-state index in [1.807, 2.05) is 6.92 Å². The van der Waals surface area contributed by atoms with Crippen molar-refractivity contribution in [3.63, 3.8) is 0 Å². The first-order valence-electron chi connectivity index (χ1n) is 5.89. The van der Waals surface area contributed by atoms with Crippen molar-refractivity contribution in [3.8, 4) is 11.5 Å². The number of imide groups is 1. The van der Waals surface area contributed by atoms with Crippen LogP contribution in [0.15, 0.2) is 22.3 Å². The zero-order chi connectivity index (χ0) is 14.7. The number of hydrogen-bond acceptors (Lipinski definition) is 4. The van der Waals surface area contributed by atoms with Gasteiger partial charge in [0, 0.05) is 0 Å². The molecule has 1 aliphatic heterocycles. The van der Waals surface area contributed by atoms with Gasteiger partial charge in [0.1, 0.15) is 5.70 Å². The van der Waals surface area contributed by atoms with Crippen molar-refractivity contribution in [2.45, 2.75) is 6.92 Å². The molecule has 2 N–H and O–H groups in total. The molecule has 0 atom stereocenters. The van der Waals surface area contributed by atoms with Gasteiger partial charge in [-0.1, -0.05) is 0 Å². The normalized spacial score (nSPS) is 16.1. The Morgan fingerprint density at radius 2 is 2.05 bits per heavy atom. The number of halogens is 1. The molecule has 6 nitrogen and oxygen atoms in total. The van der Waals surface area contributed by atoms with Gasteiger partial charge in [0.05, 0.1) is 18.2 Å². The molecule has 0 aliphatic carbocycles. The van der Waals surface area contributed by atoms with Crippen LogP contribution >= 0.6 is 15.9 Å². The number of carbonyl (C=O) groups excluding carboxylic acids is 2. The minimum Gasteiger partial charge on any atom is -0.493 e.